The van der Waals surface area contributed by atoms with Gasteiger partial charge in [0.25, 0.3) is 0 Å². The molecule has 7 nitrogen and oxygen atoms in total. The summed E-state index contributed by atoms with van der Waals surface area (Å²) in [6, 6.07) is 7.86. The number of nitrogens with zero attached hydrogens (tertiary/aromatic N) is 4. The molecule has 2 aliphatic rings. The van der Waals surface area contributed by atoms with E-state index in [9.17, 15) is 4.79 Å². The van der Waals surface area contributed by atoms with Gasteiger partial charge in [0.05, 0.1) is 29.1 Å². The minimum absolute atomic E-state index is 0.0141. The zero-order valence-electron chi connectivity index (χ0n) is 20.0. The van der Waals surface area contributed by atoms with Crippen molar-refractivity contribution in [2.75, 3.05) is 31.6 Å². The van der Waals surface area contributed by atoms with Crippen molar-refractivity contribution < 1.29 is 9.53 Å². The quantitative estimate of drug-likeness (QED) is 0.482. The van der Waals surface area contributed by atoms with Crippen LogP contribution in [0.1, 0.15) is 50.6 Å². The van der Waals surface area contributed by atoms with Crippen molar-refractivity contribution in [3.8, 4) is 11.4 Å². The van der Waals surface area contributed by atoms with E-state index in [1.165, 1.54) is 31.3 Å². The second-order valence-corrected chi connectivity index (χ2v) is 10.3. The molecule has 1 amide bonds. The molecule has 1 fully saturated rings. The molecule has 0 bridgehead atoms. The molecule has 1 aliphatic heterocycles. The number of anilines is 1. The van der Waals surface area contributed by atoms with Crippen molar-refractivity contribution in [1.82, 2.24) is 20.1 Å². The number of benzene rings is 1. The van der Waals surface area contributed by atoms with E-state index in [0.717, 1.165) is 71.5 Å². The van der Waals surface area contributed by atoms with E-state index in [0.29, 0.717) is 0 Å². The number of aromatic nitrogens is 3. The normalized spacial score (nSPS) is 18.7. The largest absolute Gasteiger partial charge is 0.497 e. The maximum atomic E-state index is 12.9. The Balaban J connectivity index is 1.26. The maximum absolute atomic E-state index is 12.9. The van der Waals surface area contributed by atoms with Crippen LogP contribution in [0.2, 0.25) is 0 Å². The lowest BCUT2D eigenvalue weighted by Gasteiger charge is -2.31. The summed E-state index contributed by atoms with van der Waals surface area (Å²) < 4.78 is 8.28. The fourth-order valence-corrected chi connectivity index (χ4v) is 5.97. The average molecular weight is 480 g/mol. The highest BCUT2D eigenvalue weighted by Gasteiger charge is 2.28. The average Bonchev–Trinajstić information content (AvgIpc) is 3.45. The fraction of sp³-hybridized carbons (Fsp3) is 0.500. The van der Waals surface area contributed by atoms with Crippen LogP contribution in [0.15, 0.2) is 35.9 Å². The molecule has 0 unspecified atom stereocenters. The number of hydrogen-bond donors (Lipinski definition) is 1. The number of nitrogens with one attached hydrogen (secondary N) is 1. The topological polar surface area (TPSA) is 72.3 Å². The van der Waals surface area contributed by atoms with Gasteiger partial charge in [0.2, 0.25) is 5.91 Å². The Morgan fingerprint density at radius 3 is 2.85 bits per heavy atom. The summed E-state index contributed by atoms with van der Waals surface area (Å²) in [5.74, 6) is 1.01. The number of allylic oxidation sites excluding steroid dienone is 1. The summed E-state index contributed by atoms with van der Waals surface area (Å²) in [5, 5.41) is 8.88. The van der Waals surface area contributed by atoms with Crippen molar-refractivity contribution in [3.63, 3.8) is 0 Å². The van der Waals surface area contributed by atoms with E-state index in [1.54, 1.807) is 18.4 Å². The minimum Gasteiger partial charge on any atom is -0.497 e. The molecular formula is C26H33N5O2S. The van der Waals surface area contributed by atoms with Crippen molar-refractivity contribution >= 4 is 32.7 Å². The Labute approximate surface area is 204 Å². The van der Waals surface area contributed by atoms with Gasteiger partial charge in [-0.3, -0.25) is 4.79 Å². The molecule has 34 heavy (non-hydrogen) atoms. The molecule has 0 radical (unpaired) electrons. The molecule has 5 rings (SSSR count). The third-order valence-corrected chi connectivity index (χ3v) is 8.10. The van der Waals surface area contributed by atoms with Gasteiger partial charge in [0.15, 0.2) is 10.8 Å². The van der Waals surface area contributed by atoms with Crippen molar-refractivity contribution in [1.29, 1.82) is 0 Å². The van der Waals surface area contributed by atoms with Gasteiger partial charge < -0.3 is 15.0 Å². The van der Waals surface area contributed by atoms with Crippen LogP contribution >= 0.6 is 11.3 Å². The summed E-state index contributed by atoms with van der Waals surface area (Å²) in [5.41, 5.74) is 4.31. The third-order valence-electron chi connectivity index (χ3n) is 6.89. The van der Waals surface area contributed by atoms with Crippen LogP contribution < -0.4 is 15.0 Å². The van der Waals surface area contributed by atoms with Crippen LogP contribution in [0.3, 0.4) is 0 Å². The lowest BCUT2D eigenvalue weighted by atomic mass is 9.96. The Bertz CT molecular complexity index is 1180. The molecule has 2 aromatic heterocycles. The van der Waals surface area contributed by atoms with Gasteiger partial charge in [-0.15, -0.1) is 0 Å². The first-order valence-electron chi connectivity index (χ1n) is 12.3. The summed E-state index contributed by atoms with van der Waals surface area (Å²) in [6.07, 6.45) is 10.3. The van der Waals surface area contributed by atoms with Crippen LogP contribution in [-0.2, 0) is 4.79 Å². The lowest BCUT2D eigenvalue weighted by molar-refractivity contribution is -0.125. The van der Waals surface area contributed by atoms with Crippen LogP contribution in [0, 0.1) is 12.8 Å². The van der Waals surface area contributed by atoms with Crippen molar-refractivity contribution in [3.05, 3.63) is 41.6 Å². The van der Waals surface area contributed by atoms with Crippen LogP contribution in [-0.4, -0.2) is 47.4 Å². The molecule has 0 saturated carbocycles. The van der Waals surface area contributed by atoms with Gasteiger partial charge in [0.1, 0.15) is 5.75 Å². The van der Waals surface area contributed by atoms with Gasteiger partial charge in [-0.2, -0.15) is 10.1 Å². The van der Waals surface area contributed by atoms with Gasteiger partial charge in [0, 0.05) is 19.6 Å². The second-order valence-electron chi connectivity index (χ2n) is 9.28. The van der Waals surface area contributed by atoms with Gasteiger partial charge >= 0.3 is 0 Å². The molecule has 1 atom stereocenters. The molecule has 3 heterocycles. The number of rotatable bonds is 7. The number of carbonyl (C=O) groups excluding carboxylic acids is 1. The number of aryl methyl sites for hydroxylation is 1. The first-order chi connectivity index (χ1) is 16.6. The minimum atomic E-state index is 0.0141. The number of amides is 1. The number of methoxy groups -OCH3 is 1. The molecule has 8 heteroatoms. The summed E-state index contributed by atoms with van der Waals surface area (Å²) in [4.78, 5) is 20.1. The van der Waals surface area contributed by atoms with E-state index in [2.05, 4.69) is 16.3 Å². The van der Waals surface area contributed by atoms with E-state index < -0.39 is 0 Å². The highest BCUT2D eigenvalue weighted by Crippen LogP contribution is 2.34. The molecule has 0 spiro atoms. The molecule has 1 aliphatic carbocycles. The predicted molar refractivity (Wildman–Crippen MR) is 137 cm³/mol. The second kappa shape index (κ2) is 10.2. The first-order valence-corrected chi connectivity index (χ1v) is 13.1. The molecule has 1 aromatic carbocycles. The zero-order valence-corrected chi connectivity index (χ0v) is 20.9. The zero-order chi connectivity index (χ0) is 23.5. The molecule has 1 saturated heterocycles. The molecular weight excluding hydrogens is 446 g/mol. The molecule has 3 aromatic rings. The SMILES string of the molecule is COc1ccc(-n2nc(C)c3sc(N4CCC[C@@H](C(=O)NCCC5=CCCCC5)C4)nc32)cc1. The van der Waals surface area contributed by atoms with Crippen LogP contribution in [0.5, 0.6) is 5.75 Å². The number of piperidine rings is 1. The Morgan fingerprint density at radius 2 is 2.09 bits per heavy atom. The van der Waals surface area contributed by atoms with Crippen molar-refractivity contribution in [2.24, 2.45) is 5.92 Å². The van der Waals surface area contributed by atoms with Crippen LogP contribution in [0.4, 0.5) is 5.13 Å². The van der Waals surface area contributed by atoms with E-state index >= 15 is 0 Å². The number of thiazole rings is 1. The summed E-state index contributed by atoms with van der Waals surface area (Å²) in [7, 11) is 1.67. The number of carbonyl (C=O) groups is 1. The number of hydrogen-bond acceptors (Lipinski definition) is 6. The summed E-state index contributed by atoms with van der Waals surface area (Å²) >= 11 is 1.67. The number of fused-ring (bicyclic) bond motifs is 1. The van der Waals surface area contributed by atoms with Crippen LogP contribution in [0.25, 0.3) is 16.0 Å². The predicted octanol–water partition coefficient (Wildman–Crippen LogP) is 5.02. The summed E-state index contributed by atoms with van der Waals surface area (Å²) in [6.45, 7) is 4.43. The van der Waals surface area contributed by atoms with E-state index in [1.807, 2.05) is 35.9 Å². The van der Waals surface area contributed by atoms with Gasteiger partial charge in [-0.1, -0.05) is 23.0 Å². The fourth-order valence-electron chi connectivity index (χ4n) is 4.95. The maximum Gasteiger partial charge on any atom is 0.224 e. The van der Waals surface area contributed by atoms with E-state index in [4.69, 9.17) is 14.8 Å². The van der Waals surface area contributed by atoms with Crippen molar-refractivity contribution in [2.45, 2.75) is 51.9 Å². The highest BCUT2D eigenvalue weighted by atomic mass is 32.1. The lowest BCUT2D eigenvalue weighted by Crippen LogP contribution is -2.43. The Morgan fingerprint density at radius 1 is 1.24 bits per heavy atom. The highest BCUT2D eigenvalue weighted by molar-refractivity contribution is 7.22. The molecule has 1 N–H and O–H groups in total. The smallest absolute Gasteiger partial charge is 0.224 e. The third kappa shape index (κ3) is 4.82. The van der Waals surface area contributed by atoms with Gasteiger partial charge in [-0.25, -0.2) is 4.68 Å². The first kappa shape index (κ1) is 22.9. The standard InChI is InChI=1S/C26H33N5O2S/c1-18-23-24(31(29-18)21-10-12-22(33-2)13-11-21)28-26(34-23)30-16-6-9-20(17-30)25(32)27-15-14-19-7-4-3-5-8-19/h7,10-13,20H,3-6,8-9,14-17H2,1-2H3,(H,27,32)/t20-/m1/s1. The monoisotopic (exact) mass is 479 g/mol. The molecule has 180 valence electrons. The van der Waals surface area contributed by atoms with Gasteiger partial charge in [-0.05, 0) is 76.1 Å². The number of ether oxygens (including phenoxy) is 1. The Kier molecular flexibility index (Phi) is 6.85. The van der Waals surface area contributed by atoms with E-state index in [-0.39, 0.29) is 11.8 Å². The Hall–Kier alpha value is -2.87.